The van der Waals surface area contributed by atoms with Crippen LogP contribution >= 0.6 is 11.3 Å². The molecule has 0 saturated carbocycles. The molecule has 80 valence electrons. The molecule has 0 saturated heterocycles. The predicted octanol–water partition coefficient (Wildman–Crippen LogP) is 3.51. The van der Waals surface area contributed by atoms with Crippen molar-refractivity contribution >= 4 is 11.3 Å². The molecule has 0 aliphatic rings. The summed E-state index contributed by atoms with van der Waals surface area (Å²) < 4.78 is 5.72. The molecule has 0 amide bonds. The van der Waals surface area contributed by atoms with Crippen LogP contribution in [0.4, 0.5) is 0 Å². The molecular weight excluding hydrogens is 206 g/mol. The highest BCUT2D eigenvalue weighted by Gasteiger charge is 2.04. The quantitative estimate of drug-likeness (QED) is 0.782. The molecule has 3 heteroatoms. The zero-order valence-electron chi connectivity index (χ0n) is 8.82. The summed E-state index contributed by atoms with van der Waals surface area (Å²) in [5.74, 6) is 1.97. The van der Waals surface area contributed by atoms with E-state index in [1.807, 2.05) is 12.1 Å². The molecule has 2 aromatic rings. The monoisotopic (exact) mass is 221 g/mol. The largest absolute Gasteiger partial charge is 0.460 e. The zero-order chi connectivity index (χ0) is 10.5. The van der Waals surface area contributed by atoms with E-state index in [4.69, 9.17) is 4.42 Å². The third kappa shape index (κ3) is 2.70. The third-order valence-electron chi connectivity index (χ3n) is 2.19. The first-order valence-corrected chi connectivity index (χ1v) is 6.16. The van der Waals surface area contributed by atoms with Crippen molar-refractivity contribution in [2.45, 2.75) is 19.9 Å². The van der Waals surface area contributed by atoms with Crippen LogP contribution in [0.3, 0.4) is 0 Å². The van der Waals surface area contributed by atoms with E-state index >= 15 is 0 Å². The number of nitrogens with one attached hydrogen (secondary N) is 1. The van der Waals surface area contributed by atoms with Gasteiger partial charge in [0.2, 0.25) is 0 Å². The number of hydrogen-bond donors (Lipinski definition) is 1. The van der Waals surface area contributed by atoms with Crippen LogP contribution in [0.25, 0.3) is 11.3 Å². The second-order valence-electron chi connectivity index (χ2n) is 3.45. The van der Waals surface area contributed by atoms with Crippen molar-refractivity contribution in [1.29, 1.82) is 0 Å². The van der Waals surface area contributed by atoms with Gasteiger partial charge in [0, 0.05) is 10.9 Å². The van der Waals surface area contributed by atoms with E-state index in [1.165, 1.54) is 5.56 Å². The minimum absolute atomic E-state index is 0.817. The second kappa shape index (κ2) is 5.14. The number of thiophene rings is 1. The lowest BCUT2D eigenvalue weighted by atomic mass is 10.3. The standard InChI is InChI=1S/C12H15NOS/c1-2-6-13-8-11-3-4-12(14-11)10-5-7-15-9-10/h3-5,7,9,13H,2,6,8H2,1H3. The van der Waals surface area contributed by atoms with Gasteiger partial charge in [0.15, 0.2) is 0 Å². The average Bonchev–Trinajstić information content (AvgIpc) is 2.87. The Morgan fingerprint density at radius 3 is 3.00 bits per heavy atom. The highest BCUT2D eigenvalue weighted by molar-refractivity contribution is 7.08. The SMILES string of the molecule is CCCNCc1ccc(-c2ccsc2)o1. The van der Waals surface area contributed by atoms with Crippen molar-refractivity contribution in [1.82, 2.24) is 5.32 Å². The van der Waals surface area contributed by atoms with E-state index in [-0.39, 0.29) is 0 Å². The Morgan fingerprint density at radius 1 is 1.33 bits per heavy atom. The molecule has 0 atom stereocenters. The molecule has 0 aliphatic carbocycles. The van der Waals surface area contributed by atoms with Crippen LogP contribution in [0.5, 0.6) is 0 Å². The van der Waals surface area contributed by atoms with Gasteiger partial charge in [-0.1, -0.05) is 6.92 Å². The molecule has 2 heterocycles. The van der Waals surface area contributed by atoms with Gasteiger partial charge in [0.05, 0.1) is 6.54 Å². The first-order valence-electron chi connectivity index (χ1n) is 5.22. The van der Waals surface area contributed by atoms with E-state index in [2.05, 4.69) is 29.1 Å². The van der Waals surface area contributed by atoms with E-state index in [0.717, 1.165) is 31.0 Å². The fourth-order valence-corrected chi connectivity index (χ4v) is 2.07. The Kier molecular flexibility index (Phi) is 3.59. The zero-order valence-corrected chi connectivity index (χ0v) is 9.64. The smallest absolute Gasteiger partial charge is 0.135 e. The van der Waals surface area contributed by atoms with Crippen molar-refractivity contribution < 1.29 is 4.42 Å². The molecule has 1 N–H and O–H groups in total. The predicted molar refractivity (Wildman–Crippen MR) is 64.0 cm³/mol. The summed E-state index contributed by atoms with van der Waals surface area (Å²) in [6.45, 7) is 4.01. The van der Waals surface area contributed by atoms with Crippen LogP contribution in [0.1, 0.15) is 19.1 Å². The number of hydrogen-bond acceptors (Lipinski definition) is 3. The van der Waals surface area contributed by atoms with Gasteiger partial charge in [-0.2, -0.15) is 11.3 Å². The summed E-state index contributed by atoms with van der Waals surface area (Å²) in [5.41, 5.74) is 1.17. The maximum absolute atomic E-state index is 5.72. The summed E-state index contributed by atoms with van der Waals surface area (Å²) >= 11 is 1.69. The van der Waals surface area contributed by atoms with Gasteiger partial charge in [-0.25, -0.2) is 0 Å². The van der Waals surface area contributed by atoms with Crippen LogP contribution < -0.4 is 5.32 Å². The summed E-state index contributed by atoms with van der Waals surface area (Å²) in [6.07, 6.45) is 1.15. The van der Waals surface area contributed by atoms with Gasteiger partial charge in [0.1, 0.15) is 11.5 Å². The molecule has 0 spiro atoms. The number of rotatable bonds is 5. The molecule has 0 aliphatic heterocycles. The fourth-order valence-electron chi connectivity index (χ4n) is 1.42. The Balaban J connectivity index is 1.98. The van der Waals surface area contributed by atoms with Gasteiger partial charge >= 0.3 is 0 Å². The van der Waals surface area contributed by atoms with Crippen LogP contribution in [0.2, 0.25) is 0 Å². The van der Waals surface area contributed by atoms with Gasteiger partial charge < -0.3 is 9.73 Å². The Labute approximate surface area is 93.9 Å². The lowest BCUT2D eigenvalue weighted by molar-refractivity contribution is 0.494. The molecule has 0 unspecified atom stereocenters. The average molecular weight is 221 g/mol. The second-order valence-corrected chi connectivity index (χ2v) is 4.23. The van der Waals surface area contributed by atoms with E-state index in [9.17, 15) is 0 Å². The normalized spacial score (nSPS) is 10.7. The lowest BCUT2D eigenvalue weighted by Crippen LogP contribution is -2.12. The molecule has 2 aromatic heterocycles. The highest BCUT2D eigenvalue weighted by atomic mass is 32.1. The first-order chi connectivity index (χ1) is 7.40. The topological polar surface area (TPSA) is 25.2 Å². The van der Waals surface area contributed by atoms with E-state index in [1.54, 1.807) is 11.3 Å². The summed E-state index contributed by atoms with van der Waals surface area (Å²) in [5, 5.41) is 7.48. The fraction of sp³-hybridized carbons (Fsp3) is 0.333. The van der Waals surface area contributed by atoms with Crippen molar-refractivity contribution in [2.24, 2.45) is 0 Å². The molecule has 0 radical (unpaired) electrons. The molecule has 0 aromatic carbocycles. The molecule has 2 rings (SSSR count). The van der Waals surface area contributed by atoms with Crippen LogP contribution in [0, 0.1) is 0 Å². The molecule has 2 nitrogen and oxygen atoms in total. The van der Waals surface area contributed by atoms with Crippen molar-refractivity contribution in [3.8, 4) is 11.3 Å². The van der Waals surface area contributed by atoms with Gasteiger partial charge in [-0.3, -0.25) is 0 Å². The van der Waals surface area contributed by atoms with E-state index < -0.39 is 0 Å². The van der Waals surface area contributed by atoms with E-state index in [0.29, 0.717) is 0 Å². The molecule has 0 bridgehead atoms. The maximum atomic E-state index is 5.72. The Hall–Kier alpha value is -1.06. The van der Waals surface area contributed by atoms with Gasteiger partial charge in [-0.05, 0) is 36.5 Å². The maximum Gasteiger partial charge on any atom is 0.135 e. The van der Waals surface area contributed by atoms with Gasteiger partial charge in [-0.15, -0.1) is 0 Å². The number of furan rings is 1. The summed E-state index contributed by atoms with van der Waals surface area (Å²) in [4.78, 5) is 0. The van der Waals surface area contributed by atoms with Crippen LogP contribution in [-0.4, -0.2) is 6.54 Å². The molecular formula is C12H15NOS. The van der Waals surface area contributed by atoms with Gasteiger partial charge in [0.25, 0.3) is 0 Å². The molecule has 15 heavy (non-hydrogen) atoms. The lowest BCUT2D eigenvalue weighted by Gasteiger charge is -1.98. The Bertz CT molecular complexity index is 391. The summed E-state index contributed by atoms with van der Waals surface area (Å²) in [7, 11) is 0. The Morgan fingerprint density at radius 2 is 2.27 bits per heavy atom. The molecule has 0 fully saturated rings. The minimum Gasteiger partial charge on any atom is -0.460 e. The van der Waals surface area contributed by atoms with Crippen molar-refractivity contribution in [3.63, 3.8) is 0 Å². The minimum atomic E-state index is 0.817. The van der Waals surface area contributed by atoms with Crippen molar-refractivity contribution in [2.75, 3.05) is 6.54 Å². The first kappa shape index (κ1) is 10.5. The van der Waals surface area contributed by atoms with Crippen molar-refractivity contribution in [3.05, 3.63) is 34.7 Å². The highest BCUT2D eigenvalue weighted by Crippen LogP contribution is 2.24. The summed E-state index contributed by atoms with van der Waals surface area (Å²) in [6, 6.07) is 6.15. The third-order valence-corrected chi connectivity index (χ3v) is 2.88. The van der Waals surface area contributed by atoms with Crippen LogP contribution in [0.15, 0.2) is 33.4 Å². The van der Waals surface area contributed by atoms with Crippen LogP contribution in [-0.2, 0) is 6.54 Å².